The van der Waals surface area contributed by atoms with E-state index >= 15 is 0 Å². The number of aliphatic hydroxyl groups is 1. The number of carbonyl (C=O) groups is 1. The second kappa shape index (κ2) is 13.5. The van der Waals surface area contributed by atoms with Gasteiger partial charge in [0, 0.05) is 40.1 Å². The number of aromatic nitrogens is 2. The van der Waals surface area contributed by atoms with Crippen molar-refractivity contribution < 1.29 is 32.9 Å². The van der Waals surface area contributed by atoms with Crippen molar-refractivity contribution in [2.24, 2.45) is 23.2 Å². The molecule has 274 valence electrons. The minimum absolute atomic E-state index is 0.00779. The van der Waals surface area contributed by atoms with Gasteiger partial charge in [-0.1, -0.05) is 0 Å². The molecule has 1 aromatic heterocycles. The number of aryl methyl sites for hydroxylation is 2. The van der Waals surface area contributed by atoms with Gasteiger partial charge in [-0.3, -0.25) is 19.1 Å². The number of fused-ring (bicyclic) bond motifs is 2. The SMILES string of the molecule is Cc1nc2c(c(=O)n1CCOC1CCC(Cl)CC1C1CC(C)NC3C(C(=O)O)CSC13)CC(N1CCC3(CC1)CC(O)(C(F)(F)F)C3)CC2. The van der Waals surface area contributed by atoms with Gasteiger partial charge in [0.05, 0.1) is 30.9 Å². The van der Waals surface area contributed by atoms with Gasteiger partial charge in [-0.25, -0.2) is 4.98 Å². The minimum Gasteiger partial charge on any atom is -0.481 e. The molecule has 0 aromatic carbocycles. The molecule has 0 amide bonds. The van der Waals surface area contributed by atoms with E-state index < -0.39 is 29.1 Å². The summed E-state index contributed by atoms with van der Waals surface area (Å²) in [5.74, 6) is 0.681. The summed E-state index contributed by atoms with van der Waals surface area (Å²) in [4.78, 5) is 33.1. The zero-order chi connectivity index (χ0) is 34.9. The quantitative estimate of drug-likeness (QED) is 0.348. The maximum Gasteiger partial charge on any atom is 0.417 e. The highest BCUT2D eigenvalue weighted by molar-refractivity contribution is 8.00. The van der Waals surface area contributed by atoms with E-state index in [9.17, 15) is 33.0 Å². The van der Waals surface area contributed by atoms with Crippen molar-refractivity contribution in [3.8, 4) is 0 Å². The number of carboxylic acid groups (broad SMARTS) is 1. The summed E-state index contributed by atoms with van der Waals surface area (Å²) < 4.78 is 48.2. The molecule has 49 heavy (non-hydrogen) atoms. The number of rotatable bonds is 7. The number of hydrogen-bond donors (Lipinski definition) is 3. The van der Waals surface area contributed by atoms with E-state index in [1.165, 1.54) is 0 Å². The van der Waals surface area contributed by atoms with Crippen molar-refractivity contribution in [3.63, 3.8) is 0 Å². The van der Waals surface area contributed by atoms with Crippen molar-refractivity contribution in [1.29, 1.82) is 0 Å². The molecule has 9 atom stereocenters. The Balaban J connectivity index is 0.981. The predicted octanol–water partition coefficient (Wildman–Crippen LogP) is 4.55. The lowest BCUT2D eigenvalue weighted by Gasteiger charge is -2.57. The normalized spacial score (nSPS) is 37.3. The Morgan fingerprint density at radius 1 is 1.16 bits per heavy atom. The smallest absolute Gasteiger partial charge is 0.417 e. The van der Waals surface area contributed by atoms with Crippen LogP contribution in [-0.2, 0) is 28.9 Å². The van der Waals surface area contributed by atoms with E-state index in [0.29, 0.717) is 69.4 Å². The van der Waals surface area contributed by atoms with Gasteiger partial charge in [0.15, 0.2) is 5.60 Å². The predicted molar refractivity (Wildman–Crippen MR) is 181 cm³/mol. The van der Waals surface area contributed by atoms with Gasteiger partial charge in [-0.2, -0.15) is 24.9 Å². The Morgan fingerprint density at radius 3 is 2.59 bits per heavy atom. The molecule has 3 N–H and O–H groups in total. The summed E-state index contributed by atoms with van der Waals surface area (Å²) >= 11 is 8.50. The molecule has 0 bridgehead atoms. The molecule has 1 aromatic rings. The number of piperidine rings is 2. The summed E-state index contributed by atoms with van der Waals surface area (Å²) in [5.41, 5.74) is -1.43. The average Bonchev–Trinajstić information content (AvgIpc) is 3.46. The number of aliphatic carboxylic acids is 1. The number of nitrogens with one attached hydrogen (secondary N) is 1. The third-order valence-electron chi connectivity index (χ3n) is 13.0. The van der Waals surface area contributed by atoms with Gasteiger partial charge in [0.25, 0.3) is 5.56 Å². The molecular weight excluding hydrogens is 681 g/mol. The zero-order valence-corrected chi connectivity index (χ0v) is 30.0. The Morgan fingerprint density at radius 2 is 1.90 bits per heavy atom. The molecule has 9 unspecified atom stereocenters. The molecule has 3 aliphatic heterocycles. The zero-order valence-electron chi connectivity index (χ0n) is 28.4. The molecule has 3 aliphatic carbocycles. The number of thioether (sulfide) groups is 1. The number of ether oxygens (including phenoxy) is 1. The van der Waals surface area contributed by atoms with Crippen LogP contribution in [0.1, 0.15) is 81.8 Å². The van der Waals surface area contributed by atoms with Gasteiger partial charge >= 0.3 is 12.1 Å². The van der Waals surface area contributed by atoms with Gasteiger partial charge < -0.3 is 20.3 Å². The molecule has 4 heterocycles. The summed E-state index contributed by atoms with van der Waals surface area (Å²) in [6.07, 6.45) is 1.89. The maximum atomic E-state index is 13.9. The molecule has 5 fully saturated rings. The van der Waals surface area contributed by atoms with Gasteiger partial charge in [-0.15, -0.1) is 11.6 Å². The molecule has 6 aliphatic rings. The Bertz CT molecular complexity index is 1460. The maximum absolute atomic E-state index is 13.9. The third kappa shape index (κ3) is 6.82. The number of likely N-dealkylation sites (tertiary alicyclic amines) is 1. The summed E-state index contributed by atoms with van der Waals surface area (Å²) in [7, 11) is 0. The summed E-state index contributed by atoms with van der Waals surface area (Å²) in [5, 5.41) is 23.7. The molecule has 3 saturated heterocycles. The van der Waals surface area contributed by atoms with E-state index in [4.69, 9.17) is 21.3 Å². The Hall–Kier alpha value is -1.38. The summed E-state index contributed by atoms with van der Waals surface area (Å²) in [6.45, 7) is 6.12. The third-order valence-corrected chi connectivity index (χ3v) is 15.0. The fourth-order valence-corrected chi connectivity index (χ4v) is 12.5. The van der Waals surface area contributed by atoms with E-state index in [1.54, 1.807) is 16.3 Å². The second-order valence-electron chi connectivity index (χ2n) is 16.1. The number of carboxylic acids is 1. The lowest BCUT2D eigenvalue weighted by molar-refractivity contribution is -0.321. The van der Waals surface area contributed by atoms with Crippen LogP contribution >= 0.6 is 23.4 Å². The summed E-state index contributed by atoms with van der Waals surface area (Å²) in [6, 6.07) is 0.302. The number of nitrogens with zero attached hydrogens (tertiary/aromatic N) is 3. The van der Waals surface area contributed by atoms with E-state index in [-0.39, 0.29) is 59.2 Å². The van der Waals surface area contributed by atoms with Crippen LogP contribution in [-0.4, -0.2) is 103 Å². The fraction of sp³-hybridized carbons (Fsp3) is 0.857. The highest BCUT2D eigenvalue weighted by atomic mass is 35.5. The first-order valence-corrected chi connectivity index (χ1v) is 19.6. The lowest BCUT2D eigenvalue weighted by Crippen LogP contribution is -2.63. The van der Waals surface area contributed by atoms with Crippen molar-refractivity contribution in [2.75, 3.05) is 25.4 Å². The van der Waals surface area contributed by atoms with Gasteiger partial charge in [0.2, 0.25) is 0 Å². The van der Waals surface area contributed by atoms with Crippen molar-refractivity contribution >= 4 is 29.3 Å². The van der Waals surface area contributed by atoms with Crippen molar-refractivity contribution in [2.45, 2.75) is 138 Å². The van der Waals surface area contributed by atoms with Crippen molar-refractivity contribution in [1.82, 2.24) is 19.8 Å². The van der Waals surface area contributed by atoms with Gasteiger partial charge in [-0.05, 0) is 115 Å². The van der Waals surface area contributed by atoms with Crippen LogP contribution in [0.15, 0.2) is 4.79 Å². The molecule has 2 saturated carbocycles. The van der Waals surface area contributed by atoms with Crippen LogP contribution in [0.3, 0.4) is 0 Å². The molecular formula is C35H50ClF3N4O5S. The molecule has 1 spiro atoms. The second-order valence-corrected chi connectivity index (χ2v) is 17.9. The van der Waals surface area contributed by atoms with Crippen molar-refractivity contribution in [3.05, 3.63) is 27.4 Å². The first-order valence-electron chi connectivity index (χ1n) is 18.2. The van der Waals surface area contributed by atoms with E-state index in [0.717, 1.165) is 43.4 Å². The highest BCUT2D eigenvalue weighted by Crippen LogP contribution is 2.60. The largest absolute Gasteiger partial charge is 0.481 e. The van der Waals surface area contributed by atoms with Gasteiger partial charge in [0.1, 0.15) is 5.82 Å². The monoisotopic (exact) mass is 730 g/mol. The van der Waals surface area contributed by atoms with E-state index in [1.807, 2.05) is 6.92 Å². The van der Waals surface area contributed by atoms with Crippen LogP contribution < -0.4 is 10.9 Å². The fourth-order valence-electron chi connectivity index (χ4n) is 10.4. The number of halogens is 4. The lowest BCUT2D eigenvalue weighted by atomic mass is 9.54. The topological polar surface area (TPSA) is 117 Å². The molecule has 14 heteroatoms. The molecule has 7 rings (SSSR count). The number of alkyl halides is 4. The Labute approximate surface area is 295 Å². The van der Waals surface area contributed by atoms with Crippen LogP contribution in [0.4, 0.5) is 13.2 Å². The van der Waals surface area contributed by atoms with Crippen LogP contribution in [0.25, 0.3) is 0 Å². The standard InChI is InChI=1S/C35H50ClF3N4O5S/c1-19-13-24(30-29(40-19)26(16-49-30)32(45)46)23-14-21(36)3-6-28(23)48-12-11-43-20(2)41-27-5-4-22(15-25(27)31(43)44)42-9-7-33(8-10-42)17-34(47,18-33)35(37,38)39/h19,21-24,26,28-30,40,47H,3-18H2,1-2H3,(H,45,46). The highest BCUT2D eigenvalue weighted by Gasteiger charge is 2.67. The number of hydrogen-bond acceptors (Lipinski definition) is 8. The van der Waals surface area contributed by atoms with Crippen LogP contribution in [0, 0.1) is 30.1 Å². The average molecular weight is 731 g/mol. The van der Waals surface area contributed by atoms with E-state index in [2.05, 4.69) is 17.1 Å². The molecule has 9 nitrogen and oxygen atoms in total. The minimum atomic E-state index is -4.58. The van der Waals surface area contributed by atoms with Crippen LogP contribution in [0.2, 0.25) is 0 Å². The molecule has 0 radical (unpaired) electrons. The van der Waals surface area contributed by atoms with Crippen LogP contribution in [0.5, 0.6) is 0 Å². The Kier molecular flexibility index (Phi) is 9.95. The first kappa shape index (κ1) is 36.0. The first-order chi connectivity index (χ1) is 23.2.